The molecule has 0 radical (unpaired) electrons. The van der Waals surface area contributed by atoms with Crippen LogP contribution in [-0.4, -0.2) is 57.4 Å². The van der Waals surface area contributed by atoms with Gasteiger partial charge in [0.2, 0.25) is 0 Å². The van der Waals surface area contributed by atoms with Crippen LogP contribution in [0.1, 0.15) is 15.2 Å². The summed E-state index contributed by atoms with van der Waals surface area (Å²) in [6.07, 6.45) is -0.0864. The summed E-state index contributed by atoms with van der Waals surface area (Å²) in [5, 5.41) is 0. The lowest BCUT2D eigenvalue weighted by Crippen LogP contribution is -2.40. The van der Waals surface area contributed by atoms with Crippen LogP contribution in [-0.2, 0) is 30.7 Å². The maximum atomic E-state index is 12.6. The van der Waals surface area contributed by atoms with Crippen LogP contribution in [0.3, 0.4) is 0 Å². The number of carbonyl (C=O) groups is 2. The van der Waals surface area contributed by atoms with E-state index in [1.807, 2.05) is 0 Å². The van der Waals surface area contributed by atoms with E-state index < -0.39 is 16.0 Å². The van der Waals surface area contributed by atoms with Crippen molar-refractivity contribution in [3.8, 4) is 0 Å². The number of hydrogen-bond donors (Lipinski definition) is 0. The summed E-state index contributed by atoms with van der Waals surface area (Å²) >= 11 is 4.32. The van der Waals surface area contributed by atoms with Gasteiger partial charge in [0.15, 0.2) is 12.4 Å². The lowest BCUT2D eigenvalue weighted by atomic mass is 10.1. The zero-order chi connectivity index (χ0) is 20.1. The van der Waals surface area contributed by atoms with Crippen LogP contribution < -0.4 is 0 Å². The average molecular weight is 488 g/mol. The second-order valence-electron chi connectivity index (χ2n) is 6.00. The molecule has 10 heteroatoms. The SMILES string of the molecule is O=C(Cc1ccc(S(=O)(=O)N2CCOCC2)s1)OCC(=O)c1ccc(Br)cc1. The third-order valence-electron chi connectivity index (χ3n) is 4.05. The van der Waals surface area contributed by atoms with Crippen molar-refractivity contribution < 1.29 is 27.5 Å². The number of hydrogen-bond acceptors (Lipinski definition) is 7. The van der Waals surface area contributed by atoms with Crippen LogP contribution in [0.4, 0.5) is 0 Å². The fourth-order valence-corrected chi connectivity index (χ4v) is 5.73. The van der Waals surface area contributed by atoms with Crippen LogP contribution >= 0.6 is 27.3 Å². The lowest BCUT2D eigenvalue weighted by molar-refractivity contribution is -0.141. The Labute approximate surface area is 175 Å². The van der Waals surface area contributed by atoms with Gasteiger partial charge in [0.25, 0.3) is 10.0 Å². The monoisotopic (exact) mass is 487 g/mol. The minimum absolute atomic E-state index is 0.0864. The Morgan fingerprint density at radius 2 is 1.79 bits per heavy atom. The number of nitrogens with zero attached hydrogens (tertiary/aromatic N) is 1. The second-order valence-corrected chi connectivity index (χ2v) is 10.3. The van der Waals surface area contributed by atoms with E-state index in [0.29, 0.717) is 36.7 Å². The number of esters is 1. The minimum Gasteiger partial charge on any atom is -0.457 e. The van der Waals surface area contributed by atoms with Gasteiger partial charge >= 0.3 is 5.97 Å². The Kier molecular flexibility index (Phi) is 7.00. The van der Waals surface area contributed by atoms with E-state index in [-0.39, 0.29) is 23.0 Å². The molecule has 28 heavy (non-hydrogen) atoms. The molecule has 2 aromatic rings. The summed E-state index contributed by atoms with van der Waals surface area (Å²) in [6.45, 7) is 1.02. The maximum Gasteiger partial charge on any atom is 0.311 e. The predicted molar refractivity (Wildman–Crippen MR) is 107 cm³/mol. The molecular formula is C18H18BrNO6S2. The number of carbonyl (C=O) groups excluding carboxylic acids is 2. The van der Waals surface area contributed by atoms with Gasteiger partial charge in [0, 0.05) is 28.0 Å². The van der Waals surface area contributed by atoms with E-state index in [9.17, 15) is 18.0 Å². The van der Waals surface area contributed by atoms with Crippen LogP contribution in [0.15, 0.2) is 45.1 Å². The van der Waals surface area contributed by atoms with E-state index in [4.69, 9.17) is 9.47 Å². The van der Waals surface area contributed by atoms with Crippen molar-refractivity contribution in [3.05, 3.63) is 51.3 Å². The van der Waals surface area contributed by atoms with Gasteiger partial charge in [-0.3, -0.25) is 9.59 Å². The van der Waals surface area contributed by atoms with Gasteiger partial charge in [0.1, 0.15) is 4.21 Å². The highest BCUT2D eigenvalue weighted by molar-refractivity contribution is 9.10. The Morgan fingerprint density at radius 1 is 1.11 bits per heavy atom. The van der Waals surface area contributed by atoms with Gasteiger partial charge in [-0.1, -0.05) is 28.1 Å². The van der Waals surface area contributed by atoms with Gasteiger partial charge in [-0.2, -0.15) is 4.31 Å². The Morgan fingerprint density at radius 3 is 2.46 bits per heavy atom. The van der Waals surface area contributed by atoms with Gasteiger partial charge in [-0.05, 0) is 24.3 Å². The van der Waals surface area contributed by atoms with Gasteiger partial charge in [-0.25, -0.2) is 8.42 Å². The first-order valence-electron chi connectivity index (χ1n) is 8.47. The molecule has 0 atom stereocenters. The van der Waals surface area contributed by atoms with Gasteiger partial charge in [0.05, 0.1) is 19.6 Å². The number of ketones is 1. The van der Waals surface area contributed by atoms with Crippen molar-refractivity contribution in [1.82, 2.24) is 4.31 Å². The van der Waals surface area contributed by atoms with Crippen molar-refractivity contribution in [2.75, 3.05) is 32.9 Å². The molecule has 7 nitrogen and oxygen atoms in total. The maximum absolute atomic E-state index is 12.6. The Balaban J connectivity index is 1.55. The first kappa shape index (κ1) is 21.1. The summed E-state index contributed by atoms with van der Waals surface area (Å²) < 4.78 is 37.8. The number of halogens is 1. The van der Waals surface area contributed by atoms with E-state index >= 15 is 0 Å². The number of morpholine rings is 1. The average Bonchev–Trinajstić information content (AvgIpc) is 3.16. The fraction of sp³-hybridized carbons (Fsp3) is 0.333. The smallest absolute Gasteiger partial charge is 0.311 e. The van der Waals surface area contributed by atoms with Crippen LogP contribution in [0, 0.1) is 0 Å². The predicted octanol–water partition coefficient (Wildman–Crippen LogP) is 2.50. The van der Waals surface area contributed by atoms with E-state index in [0.717, 1.165) is 15.8 Å². The van der Waals surface area contributed by atoms with Crippen LogP contribution in [0.5, 0.6) is 0 Å². The molecule has 0 saturated carbocycles. The largest absolute Gasteiger partial charge is 0.457 e. The third-order valence-corrected chi connectivity index (χ3v) is 8.03. The molecule has 1 aromatic heterocycles. The topological polar surface area (TPSA) is 90.0 Å². The molecule has 0 unspecified atom stereocenters. The molecule has 0 amide bonds. The number of rotatable bonds is 7. The highest BCUT2D eigenvalue weighted by atomic mass is 79.9. The number of thiophene rings is 1. The van der Waals surface area contributed by atoms with Gasteiger partial charge < -0.3 is 9.47 Å². The molecule has 1 aromatic carbocycles. The molecule has 0 aliphatic carbocycles. The fourth-order valence-electron chi connectivity index (χ4n) is 2.56. The van der Waals surface area contributed by atoms with Crippen LogP contribution in [0.2, 0.25) is 0 Å². The number of benzene rings is 1. The molecule has 0 bridgehead atoms. The summed E-state index contributed by atoms with van der Waals surface area (Å²) in [7, 11) is -3.58. The Hall–Kier alpha value is -1.59. The van der Waals surface area contributed by atoms with Crippen molar-refractivity contribution >= 4 is 49.0 Å². The standard InChI is InChI=1S/C18H18BrNO6S2/c19-14-3-1-13(2-4-14)16(21)12-26-17(22)11-15-5-6-18(27-15)28(23,24)20-7-9-25-10-8-20/h1-6H,7-12H2. The number of sulfonamides is 1. The first-order chi connectivity index (χ1) is 13.4. The lowest BCUT2D eigenvalue weighted by Gasteiger charge is -2.25. The van der Waals surface area contributed by atoms with Gasteiger partial charge in [-0.15, -0.1) is 11.3 Å². The zero-order valence-corrected chi connectivity index (χ0v) is 18.0. The molecule has 1 fully saturated rings. The highest BCUT2D eigenvalue weighted by Crippen LogP contribution is 2.26. The molecule has 0 spiro atoms. The molecule has 1 aliphatic heterocycles. The van der Waals surface area contributed by atoms with Crippen molar-refractivity contribution in [2.45, 2.75) is 10.6 Å². The van der Waals surface area contributed by atoms with E-state index in [1.165, 1.54) is 10.4 Å². The summed E-state index contributed by atoms with van der Waals surface area (Å²) in [5.41, 5.74) is 0.450. The zero-order valence-electron chi connectivity index (χ0n) is 14.8. The molecule has 0 N–H and O–H groups in total. The summed E-state index contributed by atoms with van der Waals surface area (Å²) in [6, 6.07) is 9.83. The quantitative estimate of drug-likeness (QED) is 0.440. The second kappa shape index (κ2) is 9.27. The van der Waals surface area contributed by atoms with E-state index in [2.05, 4.69) is 15.9 Å². The third kappa shape index (κ3) is 5.26. The minimum atomic E-state index is -3.58. The summed E-state index contributed by atoms with van der Waals surface area (Å²) in [5.74, 6) is -0.884. The normalized spacial score (nSPS) is 15.3. The van der Waals surface area contributed by atoms with Crippen molar-refractivity contribution in [3.63, 3.8) is 0 Å². The molecule has 1 saturated heterocycles. The number of ether oxygens (including phenoxy) is 2. The van der Waals surface area contributed by atoms with E-state index in [1.54, 1.807) is 30.3 Å². The van der Waals surface area contributed by atoms with Crippen molar-refractivity contribution in [2.24, 2.45) is 0 Å². The number of Topliss-reactive ketones (excluding diaryl/α,β-unsaturated/α-hetero) is 1. The molecule has 1 aliphatic rings. The molecule has 3 rings (SSSR count). The Bertz CT molecular complexity index is 949. The molecule has 2 heterocycles. The van der Waals surface area contributed by atoms with Crippen LogP contribution in [0.25, 0.3) is 0 Å². The highest BCUT2D eigenvalue weighted by Gasteiger charge is 2.28. The summed E-state index contributed by atoms with van der Waals surface area (Å²) in [4.78, 5) is 24.6. The molecule has 150 valence electrons. The molecular weight excluding hydrogens is 470 g/mol. The first-order valence-corrected chi connectivity index (χ1v) is 11.5. The van der Waals surface area contributed by atoms with Crippen molar-refractivity contribution in [1.29, 1.82) is 0 Å².